The van der Waals surface area contributed by atoms with Crippen LogP contribution in [0.15, 0.2) is 0 Å². The predicted octanol–water partition coefficient (Wildman–Crippen LogP) is 2.41. The molecule has 0 unspecified atom stereocenters. The minimum absolute atomic E-state index is 0.292. The van der Waals surface area contributed by atoms with Crippen molar-refractivity contribution in [3.8, 4) is 0 Å². The molecule has 0 aliphatic carbocycles. The van der Waals surface area contributed by atoms with Crippen LogP contribution in [0.4, 0.5) is 0 Å². The van der Waals surface area contributed by atoms with Crippen LogP contribution >= 0.6 is 0 Å². The van der Waals surface area contributed by atoms with Gasteiger partial charge in [-0.3, -0.25) is 0 Å². The average Bonchev–Trinajstić information content (AvgIpc) is 1.84. The zero-order valence-electron chi connectivity index (χ0n) is 7.86. The molecule has 1 N–H and O–H groups in total. The Balaban J connectivity index is 4.33. The first-order chi connectivity index (χ1) is 4.37. The molecule has 0 aromatic heterocycles. The molecular weight excluding hydrogens is 185 g/mol. The van der Waals surface area contributed by atoms with Crippen LogP contribution in [0.2, 0.25) is 17.3 Å². The van der Waals surface area contributed by atoms with Crippen molar-refractivity contribution in [1.29, 1.82) is 0 Å². The van der Waals surface area contributed by atoms with Gasteiger partial charge in [0, 0.05) is 0 Å². The van der Waals surface area contributed by atoms with Gasteiger partial charge in [0.1, 0.15) is 0 Å². The molecule has 0 rings (SSSR count). The van der Waals surface area contributed by atoms with Gasteiger partial charge < -0.3 is 0 Å². The Hall–Kier alpha value is 0.503. The molecule has 0 aromatic rings. The maximum absolute atomic E-state index is 10.0. The molecular formula is C8H20GeO. The molecule has 0 radical (unpaired) electrons. The van der Waals surface area contributed by atoms with Crippen molar-refractivity contribution in [2.45, 2.75) is 48.4 Å². The molecule has 0 aliphatic rings. The molecule has 1 nitrogen and oxygen atoms in total. The second-order valence-electron chi connectivity index (χ2n) is 3.99. The van der Waals surface area contributed by atoms with Crippen LogP contribution in [0, 0.1) is 0 Å². The van der Waals surface area contributed by atoms with E-state index >= 15 is 0 Å². The van der Waals surface area contributed by atoms with Crippen molar-refractivity contribution in [2.75, 3.05) is 0 Å². The summed E-state index contributed by atoms with van der Waals surface area (Å²) in [6.07, 6.45) is 1.85. The molecule has 0 bridgehead atoms. The quantitative estimate of drug-likeness (QED) is 0.701. The van der Waals surface area contributed by atoms with E-state index in [-0.39, 0.29) is 4.43 Å². The van der Waals surface area contributed by atoms with Crippen LogP contribution in [0.3, 0.4) is 0 Å². The van der Waals surface area contributed by atoms with Crippen molar-refractivity contribution in [3.05, 3.63) is 0 Å². The summed E-state index contributed by atoms with van der Waals surface area (Å²) < 4.78 is -0.292. The molecule has 0 spiro atoms. The molecule has 62 valence electrons. The summed E-state index contributed by atoms with van der Waals surface area (Å²) in [6, 6.07) is 0. The second kappa shape index (κ2) is 3.27. The topological polar surface area (TPSA) is 20.2 Å². The summed E-state index contributed by atoms with van der Waals surface area (Å²) in [6.45, 7) is 4.17. The Bertz CT molecular complexity index is 100. The number of aliphatic hydroxyl groups is 1. The SMILES string of the molecule is CC[C](O)(CC)[Ge]([CH3])([CH3])[CH3]. The van der Waals surface area contributed by atoms with E-state index in [9.17, 15) is 5.11 Å². The fourth-order valence-electron chi connectivity index (χ4n) is 1.31. The van der Waals surface area contributed by atoms with Gasteiger partial charge in [0.25, 0.3) is 0 Å². The van der Waals surface area contributed by atoms with Gasteiger partial charge in [0.05, 0.1) is 0 Å². The van der Waals surface area contributed by atoms with E-state index in [1.54, 1.807) is 0 Å². The van der Waals surface area contributed by atoms with Crippen LogP contribution in [-0.2, 0) is 0 Å². The normalized spacial score (nSPS) is 13.8. The van der Waals surface area contributed by atoms with E-state index in [1.807, 2.05) is 0 Å². The molecule has 10 heavy (non-hydrogen) atoms. The zero-order valence-corrected chi connectivity index (χ0v) is 9.96. The van der Waals surface area contributed by atoms with Crippen molar-refractivity contribution in [3.63, 3.8) is 0 Å². The molecule has 0 heterocycles. The molecule has 0 aliphatic heterocycles. The van der Waals surface area contributed by atoms with Gasteiger partial charge in [-0.1, -0.05) is 0 Å². The average molecular weight is 205 g/mol. The van der Waals surface area contributed by atoms with Crippen molar-refractivity contribution in [1.82, 2.24) is 0 Å². The van der Waals surface area contributed by atoms with E-state index in [0.717, 1.165) is 12.8 Å². The first-order valence-electron chi connectivity index (χ1n) is 4.09. The third kappa shape index (κ3) is 1.99. The van der Waals surface area contributed by atoms with Gasteiger partial charge in [-0.2, -0.15) is 0 Å². The van der Waals surface area contributed by atoms with Crippen molar-refractivity contribution >= 4 is 13.3 Å². The number of hydrogen-bond acceptors (Lipinski definition) is 1. The predicted molar refractivity (Wildman–Crippen MR) is 48.9 cm³/mol. The summed E-state index contributed by atoms with van der Waals surface area (Å²) in [5.41, 5.74) is 0. The molecule has 0 aromatic carbocycles. The molecule has 0 fully saturated rings. The van der Waals surface area contributed by atoms with Crippen LogP contribution in [-0.4, -0.2) is 22.8 Å². The Morgan fingerprint density at radius 1 is 1.10 bits per heavy atom. The summed E-state index contributed by atoms with van der Waals surface area (Å²) >= 11 is -1.83. The Morgan fingerprint density at radius 3 is 1.40 bits per heavy atom. The van der Waals surface area contributed by atoms with Crippen LogP contribution < -0.4 is 0 Å². The number of rotatable bonds is 3. The molecule has 0 saturated heterocycles. The van der Waals surface area contributed by atoms with Gasteiger partial charge in [-0.25, -0.2) is 0 Å². The minimum atomic E-state index is -1.83. The van der Waals surface area contributed by atoms with Gasteiger partial charge >= 0.3 is 66.8 Å². The maximum atomic E-state index is 10.0. The van der Waals surface area contributed by atoms with E-state index < -0.39 is 13.3 Å². The standard InChI is InChI=1S/C8H20GeO/c1-6-8(10,7-2)9(3,4)5/h10H,6-7H2,1-5H3. The fourth-order valence-corrected chi connectivity index (χ4v) is 5.76. The van der Waals surface area contributed by atoms with Crippen LogP contribution in [0.5, 0.6) is 0 Å². The van der Waals surface area contributed by atoms with E-state index in [1.165, 1.54) is 0 Å². The van der Waals surface area contributed by atoms with Crippen LogP contribution in [0.1, 0.15) is 26.7 Å². The van der Waals surface area contributed by atoms with Gasteiger partial charge in [-0.15, -0.1) is 0 Å². The summed E-state index contributed by atoms with van der Waals surface area (Å²) in [5, 5.41) is 10.0. The Morgan fingerprint density at radius 2 is 1.40 bits per heavy atom. The summed E-state index contributed by atoms with van der Waals surface area (Å²) in [5.74, 6) is 6.81. The Kier molecular flexibility index (Phi) is 3.43. The Labute approximate surface area is 67.2 Å². The van der Waals surface area contributed by atoms with Gasteiger partial charge in [0.15, 0.2) is 0 Å². The summed E-state index contributed by atoms with van der Waals surface area (Å²) in [4.78, 5) is 0. The molecule has 0 amide bonds. The first-order valence-corrected chi connectivity index (χ1v) is 11.4. The molecule has 0 atom stereocenters. The van der Waals surface area contributed by atoms with Crippen LogP contribution in [0.25, 0.3) is 0 Å². The second-order valence-corrected chi connectivity index (χ2v) is 15.4. The van der Waals surface area contributed by atoms with E-state index in [0.29, 0.717) is 0 Å². The van der Waals surface area contributed by atoms with E-state index in [2.05, 4.69) is 31.1 Å². The third-order valence-electron chi connectivity index (χ3n) is 2.57. The van der Waals surface area contributed by atoms with E-state index in [4.69, 9.17) is 0 Å². The van der Waals surface area contributed by atoms with Crippen molar-refractivity contribution in [2.24, 2.45) is 0 Å². The third-order valence-corrected chi connectivity index (χ3v) is 9.91. The molecule has 2 heteroatoms. The van der Waals surface area contributed by atoms with Gasteiger partial charge in [0.2, 0.25) is 0 Å². The fraction of sp³-hybridized carbons (Fsp3) is 1.00. The number of hydrogen-bond donors (Lipinski definition) is 1. The van der Waals surface area contributed by atoms with Crippen molar-refractivity contribution < 1.29 is 5.11 Å². The zero-order chi connectivity index (χ0) is 8.41. The monoisotopic (exact) mass is 206 g/mol. The molecule has 0 saturated carbocycles. The van der Waals surface area contributed by atoms with Gasteiger partial charge in [-0.05, 0) is 0 Å². The summed E-state index contributed by atoms with van der Waals surface area (Å²) in [7, 11) is 0. The first kappa shape index (κ1) is 10.5.